The standard InChI is InChI=1S/C8H14O3.2C3H7O.Al/c1-5(9)6(7(10)11)8(2,3)4;2*1-3(2)4;/h6H,1-4H3,(H,10,11);2*3H,1-2H3;/q;2*-1;+3/p-1. The van der Waals surface area contributed by atoms with E-state index in [4.69, 9.17) is 0 Å². The van der Waals surface area contributed by atoms with Gasteiger partial charge in [-0.05, 0) is 12.3 Å². The van der Waals surface area contributed by atoms with Crippen LogP contribution in [0.25, 0.3) is 0 Å². The maximum absolute atomic E-state index is 10.8. The van der Waals surface area contributed by atoms with Gasteiger partial charge in [-0.2, -0.15) is 0 Å². The van der Waals surface area contributed by atoms with Crippen molar-refractivity contribution < 1.29 is 24.9 Å². The van der Waals surface area contributed by atoms with Gasteiger partial charge in [0, 0.05) is 0 Å². The summed E-state index contributed by atoms with van der Waals surface area (Å²) in [5.41, 5.74) is -0.551. The number of aliphatic carboxylic acids is 1. The van der Waals surface area contributed by atoms with Gasteiger partial charge in [-0.1, -0.05) is 48.5 Å². The Morgan fingerprint density at radius 2 is 1.10 bits per heavy atom. The van der Waals surface area contributed by atoms with E-state index in [0.29, 0.717) is 0 Å². The fourth-order valence-electron chi connectivity index (χ4n) is 1.13. The zero-order valence-electron chi connectivity index (χ0n) is 13.9. The first kappa shape index (κ1) is 27.9. The third kappa shape index (κ3) is 26.2. The molecule has 0 spiro atoms. The topological polar surface area (TPSA) is 103 Å². The Balaban J connectivity index is -0.000000119. The van der Waals surface area contributed by atoms with E-state index in [1.807, 2.05) is 0 Å². The first-order valence-corrected chi connectivity index (χ1v) is 6.26. The first-order chi connectivity index (χ1) is 8.23. The zero-order chi connectivity index (χ0) is 16.4. The molecule has 1 unspecified atom stereocenters. The van der Waals surface area contributed by atoms with Gasteiger partial charge in [0.25, 0.3) is 0 Å². The van der Waals surface area contributed by atoms with Crippen LogP contribution in [0, 0.1) is 11.3 Å². The molecule has 1 atom stereocenters. The molecule has 0 aromatic carbocycles. The molecule has 116 valence electrons. The fourth-order valence-corrected chi connectivity index (χ4v) is 1.13. The molecule has 0 aliphatic heterocycles. The van der Waals surface area contributed by atoms with Crippen molar-refractivity contribution in [2.45, 2.75) is 67.6 Å². The van der Waals surface area contributed by atoms with Crippen LogP contribution in [0.2, 0.25) is 0 Å². The molecule has 0 aromatic heterocycles. The van der Waals surface area contributed by atoms with Crippen LogP contribution in [0.4, 0.5) is 0 Å². The predicted molar refractivity (Wildman–Crippen MR) is 74.7 cm³/mol. The van der Waals surface area contributed by atoms with E-state index < -0.39 is 29.5 Å². The van der Waals surface area contributed by atoms with E-state index in [0.717, 1.165) is 0 Å². The molecule has 0 rings (SSSR count). The molecule has 0 aromatic rings. The van der Waals surface area contributed by atoms with Crippen molar-refractivity contribution in [3.63, 3.8) is 0 Å². The van der Waals surface area contributed by atoms with Gasteiger partial charge in [0.1, 0.15) is 5.78 Å². The molecular weight excluding hydrogens is 275 g/mol. The molecule has 0 amide bonds. The molecule has 0 fully saturated rings. The number of rotatable bonds is 2. The second kappa shape index (κ2) is 13.6. The molecule has 0 saturated heterocycles. The molecule has 0 aliphatic carbocycles. The predicted octanol–water partition coefficient (Wildman–Crippen LogP) is -0.883. The average Bonchev–Trinajstić information content (AvgIpc) is 1.94. The van der Waals surface area contributed by atoms with Crippen molar-refractivity contribution in [1.29, 1.82) is 0 Å². The maximum atomic E-state index is 10.8. The van der Waals surface area contributed by atoms with Gasteiger partial charge in [0.2, 0.25) is 0 Å². The number of hydrogen-bond acceptors (Lipinski definition) is 5. The summed E-state index contributed by atoms with van der Waals surface area (Å²) in [5.74, 6) is -2.63. The second-order valence-corrected chi connectivity index (χ2v) is 5.83. The van der Waals surface area contributed by atoms with E-state index in [1.54, 1.807) is 48.5 Å². The smallest absolute Gasteiger partial charge is 0.852 e. The van der Waals surface area contributed by atoms with Crippen LogP contribution in [-0.2, 0) is 9.59 Å². The third-order valence-corrected chi connectivity index (χ3v) is 1.51. The Morgan fingerprint density at radius 3 is 1.10 bits per heavy atom. The summed E-state index contributed by atoms with van der Waals surface area (Å²) in [5, 5.41) is 29.5. The van der Waals surface area contributed by atoms with Gasteiger partial charge in [-0.3, -0.25) is 4.79 Å². The molecule has 0 bridgehead atoms. The number of ketones is 1. The van der Waals surface area contributed by atoms with Crippen LogP contribution in [0.3, 0.4) is 0 Å². The molecule has 20 heavy (non-hydrogen) atoms. The minimum absolute atomic E-state index is 0. The van der Waals surface area contributed by atoms with Gasteiger partial charge in [-0.15, -0.1) is 12.2 Å². The number of hydrogen-bond donors (Lipinski definition) is 0. The van der Waals surface area contributed by atoms with Crippen LogP contribution >= 0.6 is 0 Å². The van der Waals surface area contributed by atoms with Gasteiger partial charge in [-0.25, -0.2) is 0 Å². The van der Waals surface area contributed by atoms with Crippen molar-refractivity contribution in [2.75, 3.05) is 0 Å². The van der Waals surface area contributed by atoms with Crippen LogP contribution in [-0.4, -0.2) is 41.3 Å². The van der Waals surface area contributed by atoms with Gasteiger partial charge in [0.15, 0.2) is 0 Å². The van der Waals surface area contributed by atoms with Crippen molar-refractivity contribution in [1.82, 2.24) is 0 Å². The minimum Gasteiger partial charge on any atom is -0.852 e. The van der Waals surface area contributed by atoms with Crippen LogP contribution in [0.15, 0.2) is 0 Å². The number of carbonyl (C=O) groups is 2. The quantitative estimate of drug-likeness (QED) is 0.486. The van der Waals surface area contributed by atoms with E-state index in [1.165, 1.54) is 6.92 Å². The molecule has 5 nitrogen and oxygen atoms in total. The summed E-state index contributed by atoms with van der Waals surface area (Å²) >= 11 is 0. The Morgan fingerprint density at radius 1 is 0.900 bits per heavy atom. The molecule has 0 radical (unpaired) electrons. The van der Waals surface area contributed by atoms with Gasteiger partial charge >= 0.3 is 17.4 Å². The first-order valence-electron chi connectivity index (χ1n) is 6.26. The van der Waals surface area contributed by atoms with Gasteiger partial charge < -0.3 is 20.1 Å². The van der Waals surface area contributed by atoms with E-state index in [-0.39, 0.29) is 23.1 Å². The fraction of sp³-hybridized carbons (Fsp3) is 0.857. The monoisotopic (exact) mass is 302 g/mol. The van der Waals surface area contributed by atoms with Crippen LogP contribution in [0.1, 0.15) is 55.4 Å². The van der Waals surface area contributed by atoms with Crippen molar-refractivity contribution in [3.05, 3.63) is 0 Å². The normalized spacial score (nSPS) is 11.4. The molecule has 0 N–H and O–H groups in total. The largest absolute Gasteiger partial charge is 3.00 e. The Labute approximate surface area is 133 Å². The SMILES string of the molecule is CC(=O)C(C(=O)[O-])C(C)(C)C.CC(C)[O-].CC(C)[O-].[Al+3]. The number of carbonyl (C=O) groups excluding carboxylic acids is 2. The molecule has 6 heteroatoms. The average molecular weight is 302 g/mol. The molecule has 0 aliphatic rings. The van der Waals surface area contributed by atoms with Crippen LogP contribution < -0.4 is 15.3 Å². The summed E-state index contributed by atoms with van der Waals surface area (Å²) in [6.45, 7) is 12.8. The second-order valence-electron chi connectivity index (χ2n) is 5.83. The summed E-state index contributed by atoms with van der Waals surface area (Å²) in [6, 6.07) is 0. The van der Waals surface area contributed by atoms with Gasteiger partial charge in [0.05, 0.1) is 11.9 Å². The summed E-state index contributed by atoms with van der Waals surface area (Å²) in [4.78, 5) is 21.3. The van der Waals surface area contributed by atoms with Crippen molar-refractivity contribution in [3.8, 4) is 0 Å². The Hall–Kier alpha value is -0.408. The summed E-state index contributed by atoms with van der Waals surface area (Å²) in [7, 11) is 0. The summed E-state index contributed by atoms with van der Waals surface area (Å²) < 4.78 is 0. The summed E-state index contributed by atoms with van der Waals surface area (Å²) in [6.07, 6.45) is -0.833. The van der Waals surface area contributed by atoms with Crippen LogP contribution in [0.5, 0.6) is 0 Å². The number of Topliss-reactive ketones (excluding diaryl/α,β-unsaturated/α-hetero) is 1. The number of carboxylic acid groups (broad SMARTS) is 1. The van der Waals surface area contributed by atoms with Crippen molar-refractivity contribution >= 4 is 29.1 Å². The minimum atomic E-state index is -1.29. The Bertz CT molecular complexity index is 231. The van der Waals surface area contributed by atoms with E-state index >= 15 is 0 Å². The molecule has 0 heterocycles. The van der Waals surface area contributed by atoms with E-state index in [9.17, 15) is 24.9 Å². The maximum Gasteiger partial charge on any atom is 3.00 e. The van der Waals surface area contributed by atoms with E-state index in [2.05, 4.69) is 0 Å². The Kier molecular flexibility index (Phi) is 18.9. The van der Waals surface area contributed by atoms with Crippen molar-refractivity contribution in [2.24, 2.45) is 11.3 Å². The zero-order valence-corrected chi connectivity index (χ0v) is 15.0. The number of carboxylic acids is 1. The molecule has 0 saturated carbocycles. The molecular formula is C14H27AlO5. The third-order valence-electron chi connectivity index (χ3n) is 1.51.